The number of nitrogens with two attached hydrogens (primary N) is 1. The molecule has 0 amide bonds. The monoisotopic (exact) mass is 248 g/mol. The number of nitrogens with zero attached hydrogens (tertiary/aromatic N) is 1. The molecular weight excluding hydrogens is 232 g/mol. The second kappa shape index (κ2) is 5.29. The van der Waals surface area contributed by atoms with Crippen LogP contribution in [-0.4, -0.2) is 4.98 Å². The Morgan fingerprint density at radius 3 is 2.88 bits per heavy atom. The summed E-state index contributed by atoms with van der Waals surface area (Å²) < 4.78 is 5.77. The minimum Gasteiger partial charge on any atom is -0.486 e. The fraction of sp³-hybridized carbons (Fsp3) is 0.308. The number of rotatable bonds is 4. The molecule has 2 N–H and O–H groups in total. The van der Waals surface area contributed by atoms with E-state index in [1.165, 1.54) is 11.1 Å². The first-order chi connectivity index (χ1) is 8.20. The van der Waals surface area contributed by atoms with E-state index in [0.717, 1.165) is 16.5 Å². The molecular formula is C13H16N2OS. The lowest BCUT2D eigenvalue weighted by Gasteiger charge is -2.09. The Labute approximate surface area is 105 Å². The lowest BCUT2D eigenvalue weighted by Crippen LogP contribution is -2.00. The van der Waals surface area contributed by atoms with Gasteiger partial charge in [0.25, 0.3) is 0 Å². The zero-order chi connectivity index (χ0) is 12.3. The molecule has 0 spiro atoms. The van der Waals surface area contributed by atoms with Crippen molar-refractivity contribution in [1.82, 2.24) is 4.98 Å². The van der Waals surface area contributed by atoms with E-state index in [1.807, 2.05) is 17.5 Å². The lowest BCUT2D eigenvalue weighted by molar-refractivity contribution is 0.303. The van der Waals surface area contributed by atoms with Gasteiger partial charge in [0.15, 0.2) is 0 Å². The van der Waals surface area contributed by atoms with Gasteiger partial charge in [0.05, 0.1) is 5.69 Å². The van der Waals surface area contributed by atoms with Crippen LogP contribution in [0, 0.1) is 13.8 Å². The van der Waals surface area contributed by atoms with E-state index in [2.05, 4.69) is 24.9 Å². The highest BCUT2D eigenvalue weighted by Gasteiger charge is 2.04. The summed E-state index contributed by atoms with van der Waals surface area (Å²) in [7, 11) is 0. The first-order valence-electron chi connectivity index (χ1n) is 5.53. The highest BCUT2D eigenvalue weighted by atomic mass is 32.1. The summed E-state index contributed by atoms with van der Waals surface area (Å²) in [6.07, 6.45) is 0. The Bertz CT molecular complexity index is 508. The van der Waals surface area contributed by atoms with Crippen molar-refractivity contribution in [3.05, 3.63) is 45.4 Å². The fourth-order valence-corrected chi connectivity index (χ4v) is 2.25. The Morgan fingerprint density at radius 2 is 2.18 bits per heavy atom. The highest BCUT2D eigenvalue weighted by Crippen LogP contribution is 2.22. The van der Waals surface area contributed by atoms with Crippen LogP contribution < -0.4 is 10.5 Å². The largest absolute Gasteiger partial charge is 0.486 e. The predicted octanol–water partition coefficient (Wildman–Crippen LogP) is 2.80. The first-order valence-corrected chi connectivity index (χ1v) is 6.41. The molecule has 3 nitrogen and oxygen atoms in total. The smallest absolute Gasteiger partial charge is 0.140 e. The van der Waals surface area contributed by atoms with Crippen molar-refractivity contribution in [1.29, 1.82) is 0 Å². The van der Waals surface area contributed by atoms with E-state index in [9.17, 15) is 0 Å². The molecule has 0 bridgehead atoms. The molecule has 0 unspecified atom stereocenters. The van der Waals surface area contributed by atoms with Crippen LogP contribution in [0.4, 0.5) is 0 Å². The van der Waals surface area contributed by atoms with Crippen molar-refractivity contribution in [3.63, 3.8) is 0 Å². The van der Waals surface area contributed by atoms with E-state index >= 15 is 0 Å². The normalized spacial score (nSPS) is 10.5. The molecule has 2 rings (SSSR count). The molecule has 0 aliphatic heterocycles. The zero-order valence-electron chi connectivity index (χ0n) is 10.1. The molecule has 4 heteroatoms. The number of benzene rings is 1. The predicted molar refractivity (Wildman–Crippen MR) is 70.3 cm³/mol. The van der Waals surface area contributed by atoms with Gasteiger partial charge in [-0.25, -0.2) is 4.98 Å². The van der Waals surface area contributed by atoms with Crippen molar-refractivity contribution in [2.45, 2.75) is 27.0 Å². The third kappa shape index (κ3) is 2.84. The maximum atomic E-state index is 5.77. The van der Waals surface area contributed by atoms with Crippen molar-refractivity contribution in [3.8, 4) is 5.75 Å². The Hall–Kier alpha value is -1.39. The average molecular weight is 248 g/mol. The standard InChI is InChI=1S/C13H16N2OS/c1-9-4-3-5-12(10(9)2)16-7-13-15-11(6-14)8-17-13/h3-5,8H,6-7,14H2,1-2H3. The Balaban J connectivity index is 2.04. The summed E-state index contributed by atoms with van der Waals surface area (Å²) in [5.41, 5.74) is 8.87. The van der Waals surface area contributed by atoms with Crippen LogP contribution in [-0.2, 0) is 13.2 Å². The van der Waals surface area contributed by atoms with Gasteiger partial charge in [-0.3, -0.25) is 0 Å². The topological polar surface area (TPSA) is 48.1 Å². The SMILES string of the molecule is Cc1cccc(OCc2nc(CN)cs2)c1C. The summed E-state index contributed by atoms with van der Waals surface area (Å²) in [5, 5.41) is 2.94. The quantitative estimate of drug-likeness (QED) is 0.905. The minimum absolute atomic E-state index is 0.486. The third-order valence-corrected chi connectivity index (χ3v) is 3.59. The second-order valence-corrected chi connectivity index (χ2v) is 4.87. The molecule has 0 saturated carbocycles. The summed E-state index contributed by atoms with van der Waals surface area (Å²) in [6.45, 7) is 5.14. The van der Waals surface area contributed by atoms with E-state index in [1.54, 1.807) is 11.3 Å². The van der Waals surface area contributed by atoms with Crippen LogP contribution in [0.3, 0.4) is 0 Å². The van der Waals surface area contributed by atoms with Crippen LogP contribution in [0.5, 0.6) is 5.75 Å². The molecule has 0 atom stereocenters. The van der Waals surface area contributed by atoms with Gasteiger partial charge in [-0.15, -0.1) is 11.3 Å². The van der Waals surface area contributed by atoms with Crippen LogP contribution in [0.2, 0.25) is 0 Å². The second-order valence-electron chi connectivity index (χ2n) is 3.92. The molecule has 0 saturated heterocycles. The van der Waals surface area contributed by atoms with E-state index in [4.69, 9.17) is 10.5 Å². The Morgan fingerprint density at radius 1 is 1.35 bits per heavy atom. The van der Waals surface area contributed by atoms with E-state index in [0.29, 0.717) is 13.2 Å². The molecule has 0 aliphatic carbocycles. The van der Waals surface area contributed by atoms with Crippen LogP contribution >= 0.6 is 11.3 Å². The molecule has 90 valence electrons. The molecule has 0 aliphatic rings. The van der Waals surface area contributed by atoms with Gasteiger partial charge in [0.2, 0.25) is 0 Å². The van der Waals surface area contributed by atoms with Crippen LogP contribution in [0.1, 0.15) is 21.8 Å². The van der Waals surface area contributed by atoms with Gasteiger partial charge in [-0.05, 0) is 31.0 Å². The number of hydrogen-bond donors (Lipinski definition) is 1. The Kier molecular flexibility index (Phi) is 3.76. The highest BCUT2D eigenvalue weighted by molar-refractivity contribution is 7.09. The van der Waals surface area contributed by atoms with E-state index < -0.39 is 0 Å². The average Bonchev–Trinajstić information content (AvgIpc) is 2.79. The molecule has 2 aromatic rings. The number of aryl methyl sites for hydroxylation is 1. The zero-order valence-corrected chi connectivity index (χ0v) is 10.9. The molecule has 1 heterocycles. The van der Waals surface area contributed by atoms with Gasteiger partial charge >= 0.3 is 0 Å². The third-order valence-electron chi connectivity index (χ3n) is 2.71. The number of hydrogen-bond acceptors (Lipinski definition) is 4. The summed E-state index contributed by atoms with van der Waals surface area (Å²) in [6, 6.07) is 6.07. The van der Waals surface area contributed by atoms with Crippen molar-refractivity contribution >= 4 is 11.3 Å². The minimum atomic E-state index is 0.486. The number of thiazole rings is 1. The van der Waals surface area contributed by atoms with Crippen LogP contribution in [0.15, 0.2) is 23.6 Å². The van der Waals surface area contributed by atoms with E-state index in [-0.39, 0.29) is 0 Å². The van der Waals surface area contributed by atoms with Crippen molar-refractivity contribution in [2.24, 2.45) is 5.73 Å². The van der Waals surface area contributed by atoms with Crippen molar-refractivity contribution < 1.29 is 4.74 Å². The lowest BCUT2D eigenvalue weighted by atomic mass is 10.1. The molecule has 1 aromatic heterocycles. The van der Waals surface area contributed by atoms with Gasteiger partial charge < -0.3 is 10.5 Å². The molecule has 0 radical (unpaired) electrons. The molecule has 0 fully saturated rings. The maximum absolute atomic E-state index is 5.77. The van der Waals surface area contributed by atoms with Gasteiger partial charge in [0.1, 0.15) is 17.4 Å². The molecule has 17 heavy (non-hydrogen) atoms. The summed E-state index contributed by atoms with van der Waals surface area (Å²) in [4.78, 5) is 4.36. The van der Waals surface area contributed by atoms with Gasteiger partial charge in [-0.2, -0.15) is 0 Å². The maximum Gasteiger partial charge on any atom is 0.140 e. The number of ether oxygens (including phenoxy) is 1. The van der Waals surface area contributed by atoms with Gasteiger partial charge in [-0.1, -0.05) is 12.1 Å². The van der Waals surface area contributed by atoms with Crippen LogP contribution in [0.25, 0.3) is 0 Å². The molecule has 1 aromatic carbocycles. The van der Waals surface area contributed by atoms with Crippen molar-refractivity contribution in [2.75, 3.05) is 0 Å². The van der Waals surface area contributed by atoms with Gasteiger partial charge in [0, 0.05) is 11.9 Å². The fourth-order valence-electron chi connectivity index (χ4n) is 1.53. The summed E-state index contributed by atoms with van der Waals surface area (Å²) in [5.74, 6) is 0.925. The summed E-state index contributed by atoms with van der Waals surface area (Å²) >= 11 is 1.59. The number of aromatic nitrogens is 1. The first kappa shape index (κ1) is 12.1.